The maximum absolute atomic E-state index is 12.1. The molecule has 0 aliphatic heterocycles. The van der Waals surface area contributed by atoms with Gasteiger partial charge < -0.3 is 16.2 Å². The Hall–Kier alpha value is -1.47. The molecule has 0 aromatic carbocycles. The molecule has 1 atom stereocenters. The van der Waals surface area contributed by atoms with Crippen molar-refractivity contribution in [2.75, 3.05) is 0 Å². The molecule has 2 rings (SSSR count). The standard InChI is InChI=1S/C13H19N3O3S/c1-7(12-16-10(6-20-12)13(18)19)15-11(17)8-2-4-9(14)5-3-8/h6-9H,2-5,14H2,1H3,(H,15,17)(H,18,19). The summed E-state index contributed by atoms with van der Waals surface area (Å²) in [5, 5.41) is 13.8. The van der Waals surface area contributed by atoms with Crippen LogP contribution in [0.2, 0.25) is 0 Å². The smallest absolute Gasteiger partial charge is 0.355 e. The summed E-state index contributed by atoms with van der Waals surface area (Å²) in [5.41, 5.74) is 5.85. The van der Waals surface area contributed by atoms with Gasteiger partial charge in [0.15, 0.2) is 5.69 Å². The van der Waals surface area contributed by atoms with Gasteiger partial charge in [0.1, 0.15) is 5.01 Å². The number of carbonyl (C=O) groups is 2. The highest BCUT2D eigenvalue weighted by Gasteiger charge is 2.26. The van der Waals surface area contributed by atoms with Gasteiger partial charge in [-0.15, -0.1) is 11.3 Å². The molecule has 1 aliphatic rings. The minimum atomic E-state index is -1.05. The van der Waals surface area contributed by atoms with E-state index in [2.05, 4.69) is 10.3 Å². The quantitative estimate of drug-likeness (QED) is 0.781. The minimum absolute atomic E-state index is 0.0103. The summed E-state index contributed by atoms with van der Waals surface area (Å²) in [6.07, 6.45) is 3.40. The van der Waals surface area contributed by atoms with Crippen LogP contribution >= 0.6 is 11.3 Å². The van der Waals surface area contributed by atoms with Crippen molar-refractivity contribution < 1.29 is 14.7 Å². The molecule has 6 nitrogen and oxygen atoms in total. The highest BCUT2D eigenvalue weighted by Crippen LogP contribution is 2.25. The van der Waals surface area contributed by atoms with Gasteiger partial charge in [0.25, 0.3) is 0 Å². The number of aromatic nitrogens is 1. The van der Waals surface area contributed by atoms with Crippen molar-refractivity contribution >= 4 is 23.2 Å². The number of amides is 1. The van der Waals surface area contributed by atoms with Gasteiger partial charge in [-0.25, -0.2) is 9.78 Å². The number of thiazole rings is 1. The first kappa shape index (κ1) is 14.9. The Balaban J connectivity index is 1.91. The third-order valence-corrected chi connectivity index (χ3v) is 4.64. The van der Waals surface area contributed by atoms with Gasteiger partial charge in [-0.1, -0.05) is 0 Å². The summed E-state index contributed by atoms with van der Waals surface area (Å²) >= 11 is 1.25. The van der Waals surface area contributed by atoms with Crippen LogP contribution in [0.5, 0.6) is 0 Å². The van der Waals surface area contributed by atoms with Crippen LogP contribution in [0.15, 0.2) is 5.38 Å². The first-order chi connectivity index (χ1) is 9.47. The number of carboxylic acids is 1. The second kappa shape index (κ2) is 6.32. The molecular weight excluding hydrogens is 278 g/mol. The van der Waals surface area contributed by atoms with E-state index in [4.69, 9.17) is 10.8 Å². The number of hydrogen-bond acceptors (Lipinski definition) is 5. The Kier molecular flexibility index (Phi) is 4.72. The number of nitrogens with two attached hydrogens (primary N) is 1. The highest BCUT2D eigenvalue weighted by molar-refractivity contribution is 7.09. The van der Waals surface area contributed by atoms with Crippen LogP contribution in [0.25, 0.3) is 0 Å². The highest BCUT2D eigenvalue weighted by atomic mass is 32.1. The van der Waals surface area contributed by atoms with Crippen LogP contribution in [-0.2, 0) is 4.79 Å². The predicted octanol–water partition coefficient (Wildman–Crippen LogP) is 1.54. The van der Waals surface area contributed by atoms with E-state index in [1.807, 2.05) is 6.92 Å². The van der Waals surface area contributed by atoms with E-state index in [1.165, 1.54) is 16.7 Å². The lowest BCUT2D eigenvalue weighted by atomic mass is 9.86. The third-order valence-electron chi connectivity index (χ3n) is 3.61. The summed E-state index contributed by atoms with van der Waals surface area (Å²) < 4.78 is 0. The van der Waals surface area contributed by atoms with Gasteiger partial charge in [-0.3, -0.25) is 4.79 Å². The van der Waals surface area contributed by atoms with Crippen LogP contribution in [0.4, 0.5) is 0 Å². The molecule has 0 saturated heterocycles. The van der Waals surface area contributed by atoms with Crippen molar-refractivity contribution in [1.29, 1.82) is 0 Å². The molecular formula is C13H19N3O3S. The molecule has 1 fully saturated rings. The van der Waals surface area contributed by atoms with Crippen LogP contribution in [0.3, 0.4) is 0 Å². The molecule has 0 bridgehead atoms. The van der Waals surface area contributed by atoms with E-state index < -0.39 is 5.97 Å². The van der Waals surface area contributed by atoms with Crippen LogP contribution in [0.1, 0.15) is 54.1 Å². The van der Waals surface area contributed by atoms with E-state index >= 15 is 0 Å². The first-order valence-corrected chi connectivity index (χ1v) is 7.60. The molecule has 7 heteroatoms. The zero-order chi connectivity index (χ0) is 14.7. The Morgan fingerprint density at radius 3 is 2.65 bits per heavy atom. The molecule has 1 aliphatic carbocycles. The predicted molar refractivity (Wildman–Crippen MR) is 75.6 cm³/mol. The summed E-state index contributed by atoms with van der Waals surface area (Å²) in [6, 6.07) is -0.0511. The Labute approximate surface area is 121 Å². The van der Waals surface area contributed by atoms with E-state index in [0.717, 1.165) is 25.7 Å². The average Bonchev–Trinajstić information content (AvgIpc) is 2.89. The van der Waals surface area contributed by atoms with Gasteiger partial charge in [0.05, 0.1) is 6.04 Å². The van der Waals surface area contributed by atoms with Crippen molar-refractivity contribution in [3.8, 4) is 0 Å². The van der Waals surface area contributed by atoms with Gasteiger partial charge in [0.2, 0.25) is 5.91 Å². The average molecular weight is 297 g/mol. The van der Waals surface area contributed by atoms with Crippen LogP contribution in [0, 0.1) is 5.92 Å². The fourth-order valence-corrected chi connectivity index (χ4v) is 3.16. The molecule has 20 heavy (non-hydrogen) atoms. The van der Waals surface area contributed by atoms with Crippen molar-refractivity contribution in [2.45, 2.75) is 44.7 Å². The van der Waals surface area contributed by atoms with Crippen molar-refractivity contribution in [3.05, 3.63) is 16.1 Å². The van der Waals surface area contributed by atoms with E-state index in [0.29, 0.717) is 5.01 Å². The Morgan fingerprint density at radius 1 is 1.45 bits per heavy atom. The number of hydrogen-bond donors (Lipinski definition) is 3. The lowest BCUT2D eigenvalue weighted by Crippen LogP contribution is -2.37. The lowest BCUT2D eigenvalue weighted by Gasteiger charge is -2.26. The van der Waals surface area contributed by atoms with Crippen LogP contribution < -0.4 is 11.1 Å². The van der Waals surface area contributed by atoms with E-state index in [-0.39, 0.29) is 29.6 Å². The van der Waals surface area contributed by atoms with Crippen LogP contribution in [-0.4, -0.2) is 28.0 Å². The van der Waals surface area contributed by atoms with E-state index in [9.17, 15) is 9.59 Å². The van der Waals surface area contributed by atoms with Crippen molar-refractivity contribution in [3.63, 3.8) is 0 Å². The normalized spacial score (nSPS) is 24.1. The zero-order valence-corrected chi connectivity index (χ0v) is 12.2. The molecule has 110 valence electrons. The minimum Gasteiger partial charge on any atom is -0.476 e. The number of rotatable bonds is 4. The number of nitrogens with one attached hydrogen (secondary N) is 1. The molecule has 1 unspecified atom stereocenters. The molecule has 1 saturated carbocycles. The fraction of sp³-hybridized carbons (Fsp3) is 0.615. The molecule has 0 radical (unpaired) electrons. The molecule has 1 amide bonds. The maximum Gasteiger partial charge on any atom is 0.355 e. The number of aromatic carboxylic acids is 1. The van der Waals surface area contributed by atoms with Crippen molar-refractivity contribution in [1.82, 2.24) is 10.3 Å². The number of carbonyl (C=O) groups excluding carboxylic acids is 1. The summed E-state index contributed by atoms with van der Waals surface area (Å²) in [5.74, 6) is -1.03. The molecule has 1 aromatic rings. The SMILES string of the molecule is CC(NC(=O)C1CCC(N)CC1)c1nc(C(=O)O)cs1. The zero-order valence-electron chi connectivity index (χ0n) is 11.3. The topological polar surface area (TPSA) is 105 Å². The molecule has 1 aromatic heterocycles. The monoisotopic (exact) mass is 297 g/mol. The second-order valence-electron chi connectivity index (χ2n) is 5.22. The summed E-state index contributed by atoms with van der Waals surface area (Å²) in [4.78, 5) is 26.9. The Bertz CT molecular complexity index is 495. The second-order valence-corrected chi connectivity index (χ2v) is 6.11. The van der Waals surface area contributed by atoms with Gasteiger partial charge in [0, 0.05) is 17.3 Å². The van der Waals surface area contributed by atoms with Gasteiger partial charge >= 0.3 is 5.97 Å². The molecule has 0 spiro atoms. The first-order valence-electron chi connectivity index (χ1n) is 6.72. The largest absolute Gasteiger partial charge is 0.476 e. The van der Waals surface area contributed by atoms with Gasteiger partial charge in [-0.05, 0) is 32.6 Å². The third kappa shape index (κ3) is 3.55. The Morgan fingerprint density at radius 2 is 2.10 bits per heavy atom. The summed E-state index contributed by atoms with van der Waals surface area (Å²) in [7, 11) is 0. The lowest BCUT2D eigenvalue weighted by molar-refractivity contribution is -0.126. The maximum atomic E-state index is 12.1. The van der Waals surface area contributed by atoms with Crippen molar-refractivity contribution in [2.24, 2.45) is 11.7 Å². The summed E-state index contributed by atoms with van der Waals surface area (Å²) in [6.45, 7) is 1.82. The molecule has 1 heterocycles. The number of nitrogens with zero attached hydrogens (tertiary/aromatic N) is 1. The fourth-order valence-electron chi connectivity index (χ4n) is 2.36. The van der Waals surface area contributed by atoms with E-state index in [1.54, 1.807) is 0 Å². The van der Waals surface area contributed by atoms with Gasteiger partial charge in [-0.2, -0.15) is 0 Å². The number of carboxylic acid groups (broad SMARTS) is 1. The molecule has 4 N–H and O–H groups in total.